The van der Waals surface area contributed by atoms with Crippen LogP contribution >= 0.6 is 0 Å². The Morgan fingerprint density at radius 2 is 1.69 bits per heavy atom. The normalized spacial score (nSPS) is 20.3. The number of fused-ring (bicyclic) bond motifs is 3. The molecule has 0 spiro atoms. The lowest BCUT2D eigenvalue weighted by atomic mass is 9.85. The molecule has 1 aliphatic rings. The highest BCUT2D eigenvalue weighted by Gasteiger charge is 2.41. The van der Waals surface area contributed by atoms with E-state index in [4.69, 9.17) is 0 Å². The quantitative estimate of drug-likeness (QED) is 0.535. The van der Waals surface area contributed by atoms with Gasteiger partial charge in [-0.3, -0.25) is 4.90 Å². The van der Waals surface area contributed by atoms with Gasteiger partial charge in [-0.05, 0) is 51.5 Å². The number of benzene rings is 2. The highest BCUT2D eigenvalue weighted by molar-refractivity contribution is 5.87. The summed E-state index contributed by atoms with van der Waals surface area (Å²) >= 11 is 0. The molecule has 3 aromatic rings. The van der Waals surface area contributed by atoms with E-state index in [9.17, 15) is 4.39 Å². The van der Waals surface area contributed by atoms with Gasteiger partial charge in [-0.25, -0.2) is 13.2 Å². The number of alkyl halides is 1. The van der Waals surface area contributed by atoms with Crippen molar-refractivity contribution in [1.82, 2.24) is 9.47 Å². The molecule has 0 N–H and O–H groups in total. The molecule has 5 heteroatoms. The summed E-state index contributed by atoms with van der Waals surface area (Å²) in [6.45, 7) is 6.79. The maximum atomic E-state index is 15.2. The van der Waals surface area contributed by atoms with E-state index in [1.807, 2.05) is 43.1 Å². The van der Waals surface area contributed by atoms with Crippen molar-refractivity contribution in [3.05, 3.63) is 70.4 Å². The maximum absolute atomic E-state index is 15.2. The largest absolute Gasteiger partial charge is 0.347 e. The minimum Gasteiger partial charge on any atom is -0.347 e. The monoisotopic (exact) mass is 400 g/mol. The van der Waals surface area contributed by atoms with Gasteiger partial charge >= 0.3 is 0 Å². The van der Waals surface area contributed by atoms with Crippen molar-refractivity contribution in [1.29, 1.82) is 0 Å². The molecule has 2 heterocycles. The van der Waals surface area contributed by atoms with Crippen LogP contribution in [0.25, 0.3) is 10.9 Å². The second-order valence-electron chi connectivity index (χ2n) is 8.93. The molecule has 154 valence electrons. The van der Waals surface area contributed by atoms with Gasteiger partial charge in [-0.1, -0.05) is 18.2 Å². The predicted octanol–water partition coefficient (Wildman–Crippen LogP) is 5.85. The van der Waals surface area contributed by atoms with Gasteiger partial charge in [-0.2, -0.15) is 0 Å². The Labute approximate surface area is 169 Å². The van der Waals surface area contributed by atoms with Crippen LogP contribution in [0.15, 0.2) is 36.4 Å². The Balaban J connectivity index is 2.04. The van der Waals surface area contributed by atoms with Crippen LogP contribution in [0.5, 0.6) is 0 Å². The lowest BCUT2D eigenvalue weighted by Crippen LogP contribution is -2.48. The zero-order valence-electron chi connectivity index (χ0n) is 17.6. The summed E-state index contributed by atoms with van der Waals surface area (Å²) in [5.41, 5.74) is 1.99. The van der Waals surface area contributed by atoms with E-state index in [0.717, 1.165) is 22.2 Å². The van der Waals surface area contributed by atoms with E-state index < -0.39 is 23.3 Å². The first-order valence-corrected chi connectivity index (χ1v) is 10.0. The molecule has 0 saturated heterocycles. The van der Waals surface area contributed by atoms with Crippen molar-refractivity contribution in [2.45, 2.75) is 51.9 Å². The Kier molecular flexibility index (Phi) is 4.77. The number of nitrogens with zero attached hydrogens (tertiary/aromatic N) is 2. The van der Waals surface area contributed by atoms with Crippen molar-refractivity contribution in [2.75, 3.05) is 6.54 Å². The summed E-state index contributed by atoms with van der Waals surface area (Å²) < 4.78 is 47.2. The molecule has 0 aliphatic carbocycles. The smallest absolute Gasteiger partial charge is 0.131 e. The van der Waals surface area contributed by atoms with Crippen molar-refractivity contribution >= 4 is 10.9 Å². The predicted molar refractivity (Wildman–Crippen MR) is 111 cm³/mol. The molecule has 0 fully saturated rings. The first-order chi connectivity index (χ1) is 13.6. The first-order valence-electron chi connectivity index (χ1n) is 10.0. The molecule has 0 amide bonds. The van der Waals surface area contributed by atoms with Crippen LogP contribution < -0.4 is 0 Å². The Morgan fingerprint density at radius 1 is 1.07 bits per heavy atom. The Bertz CT molecular complexity index is 1050. The van der Waals surface area contributed by atoms with Gasteiger partial charge in [0.25, 0.3) is 0 Å². The summed E-state index contributed by atoms with van der Waals surface area (Å²) in [4.78, 5) is 1.92. The highest BCUT2D eigenvalue weighted by Crippen LogP contribution is 2.45. The van der Waals surface area contributed by atoms with Gasteiger partial charge in [0.05, 0.1) is 6.04 Å². The maximum Gasteiger partial charge on any atom is 0.131 e. The number of hydrogen-bond acceptors (Lipinski definition) is 1. The standard InChI is InChI=1S/C24H27F3N2/c1-14-10-17(25)22(18(26)11-14)23-21-16-8-6-7-9-19(16)28(5)20(21)12-15(2)29(23)13-24(3,4)27/h6-11,15,23H,12-13H2,1-5H3. The zero-order valence-corrected chi connectivity index (χ0v) is 17.6. The van der Waals surface area contributed by atoms with Gasteiger partial charge in [0, 0.05) is 53.8 Å². The van der Waals surface area contributed by atoms with Crippen molar-refractivity contribution in [3.8, 4) is 0 Å². The summed E-state index contributed by atoms with van der Waals surface area (Å²) in [6, 6.07) is 9.87. The zero-order chi connectivity index (χ0) is 21.1. The summed E-state index contributed by atoms with van der Waals surface area (Å²) in [5.74, 6) is -1.16. The number of aromatic nitrogens is 1. The molecule has 2 aromatic carbocycles. The average Bonchev–Trinajstić information content (AvgIpc) is 2.88. The average molecular weight is 400 g/mol. The minimum atomic E-state index is -1.49. The van der Waals surface area contributed by atoms with E-state index in [1.54, 1.807) is 6.92 Å². The van der Waals surface area contributed by atoms with Crippen LogP contribution in [-0.2, 0) is 13.5 Å². The van der Waals surface area contributed by atoms with Crippen molar-refractivity contribution in [2.24, 2.45) is 7.05 Å². The van der Waals surface area contributed by atoms with Crippen LogP contribution in [0.1, 0.15) is 49.2 Å². The second kappa shape index (κ2) is 6.91. The number of para-hydroxylation sites is 1. The van der Waals surface area contributed by atoms with E-state index in [0.29, 0.717) is 12.0 Å². The van der Waals surface area contributed by atoms with Crippen LogP contribution in [0.4, 0.5) is 13.2 Å². The fourth-order valence-corrected chi connectivity index (χ4v) is 4.81. The van der Waals surface area contributed by atoms with Crippen LogP contribution in [0.2, 0.25) is 0 Å². The SMILES string of the molecule is Cc1cc(F)c(C2c3c(n(C)c4ccccc34)CC(C)N2CC(C)(C)F)c(F)c1. The molecule has 2 unspecified atom stereocenters. The number of aryl methyl sites for hydroxylation is 2. The fraction of sp³-hybridized carbons (Fsp3) is 0.417. The van der Waals surface area contributed by atoms with E-state index in [1.165, 1.54) is 26.0 Å². The molecule has 0 saturated carbocycles. The van der Waals surface area contributed by atoms with Crippen molar-refractivity contribution < 1.29 is 13.2 Å². The second-order valence-corrected chi connectivity index (χ2v) is 8.93. The lowest BCUT2D eigenvalue weighted by Gasteiger charge is -2.43. The van der Waals surface area contributed by atoms with E-state index in [-0.39, 0.29) is 18.2 Å². The molecular weight excluding hydrogens is 373 g/mol. The van der Waals surface area contributed by atoms with Crippen LogP contribution in [-0.4, -0.2) is 27.7 Å². The molecule has 29 heavy (non-hydrogen) atoms. The third-order valence-corrected chi connectivity index (χ3v) is 5.99. The molecule has 4 rings (SSSR count). The number of hydrogen-bond donors (Lipinski definition) is 0. The molecule has 0 radical (unpaired) electrons. The van der Waals surface area contributed by atoms with Gasteiger partial charge in [-0.15, -0.1) is 0 Å². The van der Waals surface area contributed by atoms with Gasteiger partial charge in [0.15, 0.2) is 0 Å². The van der Waals surface area contributed by atoms with Gasteiger partial charge < -0.3 is 4.57 Å². The topological polar surface area (TPSA) is 8.17 Å². The molecule has 2 nitrogen and oxygen atoms in total. The molecule has 2 atom stereocenters. The number of rotatable bonds is 3. The summed E-state index contributed by atoms with van der Waals surface area (Å²) in [5, 5.41) is 0.961. The molecule has 1 aromatic heterocycles. The Hall–Kier alpha value is -2.27. The lowest BCUT2D eigenvalue weighted by molar-refractivity contribution is 0.0648. The van der Waals surface area contributed by atoms with Crippen LogP contribution in [0.3, 0.4) is 0 Å². The number of halogens is 3. The van der Waals surface area contributed by atoms with E-state index >= 15 is 8.78 Å². The van der Waals surface area contributed by atoms with Gasteiger partial charge in [0.2, 0.25) is 0 Å². The summed E-state index contributed by atoms with van der Waals surface area (Å²) in [7, 11) is 1.99. The molecule has 0 bridgehead atoms. The molecule has 1 aliphatic heterocycles. The minimum absolute atomic E-state index is 0.00371. The summed E-state index contributed by atoms with van der Waals surface area (Å²) in [6.07, 6.45) is 0.697. The Morgan fingerprint density at radius 3 is 2.31 bits per heavy atom. The third-order valence-electron chi connectivity index (χ3n) is 5.99. The first kappa shape index (κ1) is 20.0. The highest BCUT2D eigenvalue weighted by atomic mass is 19.1. The third kappa shape index (κ3) is 3.35. The van der Waals surface area contributed by atoms with Crippen LogP contribution in [0, 0.1) is 18.6 Å². The van der Waals surface area contributed by atoms with Gasteiger partial charge in [0.1, 0.15) is 17.3 Å². The fourth-order valence-electron chi connectivity index (χ4n) is 4.81. The molecular formula is C24H27F3N2. The van der Waals surface area contributed by atoms with E-state index in [2.05, 4.69) is 4.57 Å². The van der Waals surface area contributed by atoms with Crippen molar-refractivity contribution in [3.63, 3.8) is 0 Å².